The largest absolute Gasteiger partial charge is 0.468 e. The van der Waals surface area contributed by atoms with Gasteiger partial charge >= 0.3 is 5.97 Å². The van der Waals surface area contributed by atoms with E-state index in [0.29, 0.717) is 13.2 Å². The van der Waals surface area contributed by atoms with Gasteiger partial charge in [0.05, 0.1) is 13.7 Å². The Morgan fingerprint density at radius 3 is 2.05 bits per heavy atom. The van der Waals surface area contributed by atoms with Crippen LogP contribution in [-0.2, 0) is 19.7 Å². The van der Waals surface area contributed by atoms with Crippen molar-refractivity contribution in [2.24, 2.45) is 0 Å². The number of carbonyl (C=O) groups is 1. The summed E-state index contributed by atoms with van der Waals surface area (Å²) in [6, 6.07) is 16.0. The Morgan fingerprint density at radius 1 is 1.00 bits per heavy atom. The second-order valence-electron chi connectivity index (χ2n) is 5.54. The normalized spacial score (nSPS) is 14.3. The van der Waals surface area contributed by atoms with Crippen LogP contribution in [0.3, 0.4) is 0 Å². The van der Waals surface area contributed by atoms with Crippen molar-refractivity contribution >= 4 is 5.97 Å². The van der Waals surface area contributed by atoms with E-state index < -0.39 is 5.41 Å². The molecule has 22 heavy (non-hydrogen) atoms. The standard InChI is InChI=1S/C19H20O3/c1-3-12-22-13-19(18(20)21-2)16-10-6-4-8-14(16)15-9-5-7-11-17(15)19/h4-11H,3,12-13H2,1-2H3. The van der Waals surface area contributed by atoms with Crippen LogP contribution in [0, 0.1) is 0 Å². The van der Waals surface area contributed by atoms with Gasteiger partial charge in [-0.05, 0) is 28.7 Å². The fourth-order valence-electron chi connectivity index (χ4n) is 3.30. The second-order valence-corrected chi connectivity index (χ2v) is 5.54. The topological polar surface area (TPSA) is 35.5 Å². The molecule has 114 valence electrons. The van der Waals surface area contributed by atoms with Gasteiger partial charge in [0.15, 0.2) is 0 Å². The van der Waals surface area contributed by atoms with Crippen LogP contribution in [0.25, 0.3) is 11.1 Å². The number of hydrogen-bond acceptors (Lipinski definition) is 3. The van der Waals surface area contributed by atoms with Crippen LogP contribution in [-0.4, -0.2) is 26.3 Å². The Labute approximate surface area is 130 Å². The maximum absolute atomic E-state index is 12.8. The number of ether oxygens (including phenoxy) is 2. The van der Waals surface area contributed by atoms with Crippen molar-refractivity contribution in [2.75, 3.05) is 20.3 Å². The SMILES string of the molecule is CCCOCC1(C(=O)OC)c2ccccc2-c2ccccc21. The van der Waals surface area contributed by atoms with Crippen LogP contribution in [0.1, 0.15) is 24.5 Å². The lowest BCUT2D eigenvalue weighted by molar-refractivity contribution is -0.148. The molecule has 0 unspecified atom stereocenters. The highest BCUT2D eigenvalue weighted by Crippen LogP contribution is 2.49. The van der Waals surface area contributed by atoms with Crippen molar-refractivity contribution in [1.82, 2.24) is 0 Å². The van der Waals surface area contributed by atoms with Crippen LogP contribution in [0.5, 0.6) is 0 Å². The van der Waals surface area contributed by atoms with Crippen LogP contribution in [0.4, 0.5) is 0 Å². The van der Waals surface area contributed by atoms with Gasteiger partial charge in [0, 0.05) is 6.61 Å². The molecule has 2 aromatic rings. The van der Waals surface area contributed by atoms with Gasteiger partial charge < -0.3 is 9.47 Å². The van der Waals surface area contributed by atoms with Crippen LogP contribution >= 0.6 is 0 Å². The molecule has 3 heteroatoms. The average Bonchev–Trinajstić information content (AvgIpc) is 2.86. The van der Waals surface area contributed by atoms with E-state index in [1.165, 1.54) is 7.11 Å². The molecule has 0 radical (unpaired) electrons. The minimum absolute atomic E-state index is 0.263. The van der Waals surface area contributed by atoms with Gasteiger partial charge in [0.2, 0.25) is 0 Å². The van der Waals surface area contributed by atoms with E-state index in [1.807, 2.05) is 36.4 Å². The third-order valence-electron chi connectivity index (χ3n) is 4.26. The average molecular weight is 296 g/mol. The smallest absolute Gasteiger partial charge is 0.323 e. The summed E-state index contributed by atoms with van der Waals surface area (Å²) in [5, 5.41) is 0. The van der Waals surface area contributed by atoms with Crippen molar-refractivity contribution in [3.05, 3.63) is 59.7 Å². The molecule has 0 saturated heterocycles. The molecule has 0 bridgehead atoms. The van der Waals surface area contributed by atoms with Crippen molar-refractivity contribution < 1.29 is 14.3 Å². The summed E-state index contributed by atoms with van der Waals surface area (Å²) in [5.74, 6) is -0.263. The monoisotopic (exact) mass is 296 g/mol. The Hall–Kier alpha value is -2.13. The van der Waals surface area contributed by atoms with Crippen LogP contribution < -0.4 is 0 Å². The van der Waals surface area contributed by atoms with Gasteiger partial charge in [-0.1, -0.05) is 55.5 Å². The lowest BCUT2D eigenvalue weighted by atomic mass is 9.79. The summed E-state index contributed by atoms with van der Waals surface area (Å²) in [5.41, 5.74) is 3.25. The van der Waals surface area contributed by atoms with Gasteiger partial charge in [0.1, 0.15) is 5.41 Å². The molecule has 3 nitrogen and oxygen atoms in total. The van der Waals surface area contributed by atoms with Crippen molar-refractivity contribution in [2.45, 2.75) is 18.8 Å². The Balaban J connectivity index is 2.21. The Morgan fingerprint density at radius 2 is 1.55 bits per heavy atom. The molecular weight excluding hydrogens is 276 g/mol. The Bertz CT molecular complexity index is 645. The predicted molar refractivity (Wildman–Crippen MR) is 85.8 cm³/mol. The van der Waals surface area contributed by atoms with Gasteiger partial charge in [-0.25, -0.2) is 0 Å². The lowest BCUT2D eigenvalue weighted by Gasteiger charge is -2.28. The molecule has 0 aliphatic heterocycles. The zero-order valence-corrected chi connectivity index (χ0v) is 13.0. The molecule has 0 aromatic heterocycles. The highest BCUT2D eigenvalue weighted by molar-refractivity contribution is 5.98. The summed E-state index contributed by atoms with van der Waals surface area (Å²) in [6.45, 7) is 2.99. The van der Waals surface area contributed by atoms with Crippen LogP contribution in [0.2, 0.25) is 0 Å². The second kappa shape index (κ2) is 5.93. The molecule has 0 spiro atoms. The zero-order valence-electron chi connectivity index (χ0n) is 13.0. The van der Waals surface area contributed by atoms with Gasteiger partial charge in [0.25, 0.3) is 0 Å². The summed E-state index contributed by atoms with van der Waals surface area (Å²) < 4.78 is 11.0. The quantitative estimate of drug-likeness (QED) is 0.625. The number of fused-ring (bicyclic) bond motifs is 3. The highest BCUT2D eigenvalue weighted by Gasteiger charge is 2.50. The zero-order chi connectivity index (χ0) is 15.6. The summed E-state index contributed by atoms with van der Waals surface area (Å²) in [7, 11) is 1.44. The van der Waals surface area contributed by atoms with E-state index in [9.17, 15) is 4.79 Å². The first kappa shape index (κ1) is 14.8. The Kier molecular flexibility index (Phi) is 3.99. The molecule has 0 fully saturated rings. The number of hydrogen-bond donors (Lipinski definition) is 0. The molecule has 0 amide bonds. The molecule has 0 atom stereocenters. The van der Waals surface area contributed by atoms with Crippen molar-refractivity contribution in [3.63, 3.8) is 0 Å². The maximum Gasteiger partial charge on any atom is 0.323 e. The fourth-order valence-corrected chi connectivity index (χ4v) is 3.30. The molecule has 1 aliphatic carbocycles. The molecular formula is C19H20O3. The number of rotatable bonds is 5. The molecule has 1 aliphatic rings. The first-order valence-electron chi connectivity index (χ1n) is 7.61. The van der Waals surface area contributed by atoms with E-state index in [0.717, 1.165) is 28.7 Å². The summed E-state index contributed by atoms with van der Waals surface area (Å²) in [4.78, 5) is 12.8. The maximum atomic E-state index is 12.8. The van der Waals surface area contributed by atoms with Crippen molar-refractivity contribution in [1.29, 1.82) is 0 Å². The van der Waals surface area contributed by atoms with Gasteiger partial charge in [-0.15, -0.1) is 0 Å². The fraction of sp³-hybridized carbons (Fsp3) is 0.316. The highest BCUT2D eigenvalue weighted by atomic mass is 16.5. The molecule has 0 saturated carbocycles. The van der Waals surface area contributed by atoms with Crippen LogP contribution in [0.15, 0.2) is 48.5 Å². The van der Waals surface area contributed by atoms with Crippen molar-refractivity contribution in [3.8, 4) is 11.1 Å². The van der Waals surface area contributed by atoms with Gasteiger partial charge in [-0.2, -0.15) is 0 Å². The van der Waals surface area contributed by atoms with Gasteiger partial charge in [-0.3, -0.25) is 4.79 Å². The number of benzene rings is 2. The minimum Gasteiger partial charge on any atom is -0.468 e. The number of methoxy groups -OCH3 is 1. The van der Waals surface area contributed by atoms with E-state index in [1.54, 1.807) is 0 Å². The summed E-state index contributed by atoms with van der Waals surface area (Å²) >= 11 is 0. The molecule has 3 rings (SSSR count). The third kappa shape index (κ3) is 2.04. The minimum atomic E-state index is -0.864. The number of carbonyl (C=O) groups excluding carboxylic acids is 1. The van der Waals surface area contributed by atoms with E-state index in [-0.39, 0.29) is 5.97 Å². The van der Waals surface area contributed by atoms with E-state index in [4.69, 9.17) is 9.47 Å². The predicted octanol–water partition coefficient (Wildman–Crippen LogP) is 3.55. The third-order valence-corrected chi connectivity index (χ3v) is 4.26. The molecule has 0 N–H and O–H groups in total. The lowest BCUT2D eigenvalue weighted by Crippen LogP contribution is -2.41. The summed E-state index contributed by atoms with van der Waals surface area (Å²) in [6.07, 6.45) is 0.917. The number of esters is 1. The molecule has 2 aromatic carbocycles. The first-order chi connectivity index (χ1) is 10.8. The van der Waals surface area contributed by atoms with E-state index in [2.05, 4.69) is 19.1 Å². The molecule has 0 heterocycles. The van der Waals surface area contributed by atoms with E-state index >= 15 is 0 Å². The first-order valence-corrected chi connectivity index (χ1v) is 7.61.